The Morgan fingerprint density at radius 1 is 1.32 bits per heavy atom. The minimum atomic E-state index is -4.34. The van der Waals surface area contributed by atoms with Crippen LogP contribution in [0.3, 0.4) is 0 Å². The van der Waals surface area contributed by atoms with Gasteiger partial charge in [0.15, 0.2) is 0 Å². The molecule has 1 aromatic heterocycles. The molecule has 1 saturated heterocycles. The Kier molecular flexibility index (Phi) is 3.99. The first-order chi connectivity index (χ1) is 8.89. The largest absolute Gasteiger partial charge is 0.417 e. The molecule has 0 spiro atoms. The Hall–Kier alpha value is -1.30. The van der Waals surface area contributed by atoms with Crippen LogP contribution in [-0.2, 0) is 10.9 Å². The van der Waals surface area contributed by atoms with Crippen LogP contribution in [0.15, 0.2) is 18.3 Å². The van der Waals surface area contributed by atoms with Crippen molar-refractivity contribution in [2.45, 2.75) is 25.9 Å². The fourth-order valence-corrected chi connectivity index (χ4v) is 2.01. The quantitative estimate of drug-likeness (QED) is 0.918. The smallest absolute Gasteiger partial charge is 0.381 e. The highest BCUT2D eigenvalue weighted by molar-refractivity contribution is 5.36. The Bertz CT molecular complexity index is 411. The van der Waals surface area contributed by atoms with Crippen molar-refractivity contribution in [1.29, 1.82) is 0 Å². The summed E-state index contributed by atoms with van der Waals surface area (Å²) in [6, 6.07) is 2.41. The molecule has 0 bridgehead atoms. The zero-order chi connectivity index (χ0) is 13.9. The molecule has 0 radical (unpaired) electrons. The van der Waals surface area contributed by atoms with Crippen LogP contribution in [0.2, 0.25) is 0 Å². The highest BCUT2D eigenvalue weighted by atomic mass is 19.4. The third kappa shape index (κ3) is 3.83. The molecule has 19 heavy (non-hydrogen) atoms. The molecule has 1 aromatic rings. The number of hydrogen-bond acceptors (Lipinski definition) is 3. The average molecular weight is 274 g/mol. The van der Waals surface area contributed by atoms with Crippen molar-refractivity contribution >= 4 is 5.82 Å². The standard InChI is InChI=1S/C13H17F3N2O/c1-12(4-6-19-7-5-12)9-18-11-3-2-10(8-17-11)13(14,15)16/h2-3,8H,4-7,9H2,1H3,(H,17,18). The lowest BCUT2D eigenvalue weighted by Crippen LogP contribution is -2.33. The molecule has 0 unspecified atom stereocenters. The lowest BCUT2D eigenvalue weighted by Gasteiger charge is -2.33. The van der Waals surface area contributed by atoms with Crippen LogP contribution in [0, 0.1) is 5.41 Å². The second kappa shape index (κ2) is 5.36. The molecule has 0 amide bonds. The van der Waals surface area contributed by atoms with E-state index in [2.05, 4.69) is 17.2 Å². The highest BCUT2D eigenvalue weighted by Crippen LogP contribution is 2.31. The first-order valence-corrected chi connectivity index (χ1v) is 6.24. The maximum Gasteiger partial charge on any atom is 0.417 e. The zero-order valence-electron chi connectivity index (χ0n) is 10.8. The van der Waals surface area contributed by atoms with Crippen LogP contribution >= 0.6 is 0 Å². The number of halogens is 3. The predicted molar refractivity (Wildman–Crippen MR) is 65.9 cm³/mol. The van der Waals surface area contributed by atoms with Crippen molar-refractivity contribution in [2.24, 2.45) is 5.41 Å². The van der Waals surface area contributed by atoms with Crippen LogP contribution in [0.1, 0.15) is 25.3 Å². The van der Waals surface area contributed by atoms with Gasteiger partial charge in [-0.1, -0.05) is 6.92 Å². The van der Waals surface area contributed by atoms with Crippen LogP contribution < -0.4 is 5.32 Å². The van der Waals surface area contributed by atoms with Crippen LogP contribution in [0.5, 0.6) is 0 Å². The normalized spacial score (nSPS) is 19.2. The van der Waals surface area contributed by atoms with Crippen molar-refractivity contribution in [3.63, 3.8) is 0 Å². The molecule has 2 heterocycles. The number of aromatic nitrogens is 1. The Morgan fingerprint density at radius 3 is 2.53 bits per heavy atom. The van der Waals surface area contributed by atoms with Crippen molar-refractivity contribution in [1.82, 2.24) is 4.98 Å². The number of pyridine rings is 1. The van der Waals surface area contributed by atoms with E-state index in [4.69, 9.17) is 4.74 Å². The van der Waals surface area contributed by atoms with Gasteiger partial charge in [0.25, 0.3) is 0 Å². The summed E-state index contributed by atoms with van der Waals surface area (Å²) in [5, 5.41) is 3.10. The van der Waals surface area contributed by atoms with Crippen LogP contribution in [0.25, 0.3) is 0 Å². The Morgan fingerprint density at radius 2 is 2.00 bits per heavy atom. The highest BCUT2D eigenvalue weighted by Gasteiger charge is 2.31. The van der Waals surface area contributed by atoms with Gasteiger partial charge in [-0.05, 0) is 30.4 Å². The summed E-state index contributed by atoms with van der Waals surface area (Å²) in [5.74, 6) is 0.473. The molecule has 0 aromatic carbocycles. The summed E-state index contributed by atoms with van der Waals surface area (Å²) in [7, 11) is 0. The zero-order valence-corrected chi connectivity index (χ0v) is 10.8. The second-order valence-electron chi connectivity index (χ2n) is 5.21. The lowest BCUT2D eigenvalue weighted by atomic mass is 9.82. The molecule has 2 rings (SSSR count). The van der Waals surface area contributed by atoms with Gasteiger partial charge in [-0.3, -0.25) is 0 Å². The molecule has 1 aliphatic heterocycles. The van der Waals surface area contributed by atoms with E-state index in [1.54, 1.807) is 0 Å². The van der Waals surface area contributed by atoms with Gasteiger partial charge in [-0.25, -0.2) is 4.98 Å². The fraction of sp³-hybridized carbons (Fsp3) is 0.615. The number of nitrogens with one attached hydrogen (secondary N) is 1. The number of anilines is 1. The lowest BCUT2D eigenvalue weighted by molar-refractivity contribution is -0.137. The summed E-state index contributed by atoms with van der Waals surface area (Å²) in [6.07, 6.45) is -1.59. The van der Waals surface area contributed by atoms with E-state index in [9.17, 15) is 13.2 Å². The first kappa shape index (κ1) is 14.1. The van der Waals surface area contributed by atoms with E-state index >= 15 is 0 Å². The summed E-state index contributed by atoms with van der Waals surface area (Å²) >= 11 is 0. The molecule has 106 valence electrons. The van der Waals surface area contributed by atoms with Crippen molar-refractivity contribution in [3.05, 3.63) is 23.9 Å². The molecule has 0 saturated carbocycles. The molecule has 1 aliphatic rings. The summed E-state index contributed by atoms with van der Waals surface area (Å²) in [5.41, 5.74) is -0.613. The first-order valence-electron chi connectivity index (χ1n) is 6.24. The third-order valence-corrected chi connectivity index (χ3v) is 3.49. The van der Waals surface area contributed by atoms with E-state index in [0.717, 1.165) is 38.3 Å². The van der Waals surface area contributed by atoms with Crippen molar-refractivity contribution in [2.75, 3.05) is 25.1 Å². The van der Waals surface area contributed by atoms with E-state index in [-0.39, 0.29) is 5.41 Å². The molecular formula is C13H17F3N2O. The van der Waals surface area contributed by atoms with E-state index in [1.807, 2.05) is 0 Å². The van der Waals surface area contributed by atoms with Gasteiger partial charge >= 0.3 is 6.18 Å². The predicted octanol–water partition coefficient (Wildman–Crippen LogP) is 3.33. The topological polar surface area (TPSA) is 34.2 Å². The maximum atomic E-state index is 12.4. The minimum absolute atomic E-state index is 0.114. The van der Waals surface area contributed by atoms with Crippen molar-refractivity contribution < 1.29 is 17.9 Å². The number of hydrogen-bond donors (Lipinski definition) is 1. The molecule has 3 nitrogen and oxygen atoms in total. The number of rotatable bonds is 3. The van der Waals surface area contributed by atoms with Gasteiger partial charge in [0.2, 0.25) is 0 Å². The van der Waals surface area contributed by atoms with E-state index < -0.39 is 11.7 Å². The molecule has 0 aliphatic carbocycles. The van der Waals surface area contributed by atoms with Gasteiger partial charge in [-0.15, -0.1) is 0 Å². The SMILES string of the molecule is CC1(CNc2ccc(C(F)(F)F)cn2)CCOCC1. The minimum Gasteiger partial charge on any atom is -0.381 e. The van der Waals surface area contributed by atoms with Gasteiger partial charge in [0, 0.05) is 26.0 Å². The summed E-state index contributed by atoms with van der Waals surface area (Å²) in [6.45, 7) is 4.30. The van der Waals surface area contributed by atoms with Crippen molar-refractivity contribution in [3.8, 4) is 0 Å². The summed E-state index contributed by atoms with van der Waals surface area (Å²) < 4.78 is 42.5. The molecule has 1 N–H and O–H groups in total. The molecular weight excluding hydrogens is 257 g/mol. The fourth-order valence-electron chi connectivity index (χ4n) is 2.01. The maximum absolute atomic E-state index is 12.4. The Labute approximate surface area is 110 Å². The van der Waals surface area contributed by atoms with Gasteiger partial charge in [-0.2, -0.15) is 13.2 Å². The van der Waals surface area contributed by atoms with Crippen LogP contribution in [0.4, 0.5) is 19.0 Å². The average Bonchev–Trinajstić information content (AvgIpc) is 2.37. The third-order valence-electron chi connectivity index (χ3n) is 3.49. The molecule has 1 fully saturated rings. The number of ether oxygens (including phenoxy) is 1. The van der Waals surface area contributed by atoms with Gasteiger partial charge < -0.3 is 10.1 Å². The molecule has 6 heteroatoms. The monoisotopic (exact) mass is 274 g/mol. The second-order valence-corrected chi connectivity index (χ2v) is 5.21. The summed E-state index contributed by atoms with van der Waals surface area (Å²) in [4.78, 5) is 3.80. The van der Waals surface area contributed by atoms with Gasteiger partial charge in [0.05, 0.1) is 5.56 Å². The van der Waals surface area contributed by atoms with Gasteiger partial charge in [0.1, 0.15) is 5.82 Å². The van der Waals surface area contributed by atoms with Crippen LogP contribution in [-0.4, -0.2) is 24.7 Å². The number of nitrogens with zero attached hydrogens (tertiary/aromatic N) is 1. The molecule has 0 atom stereocenters. The van der Waals surface area contributed by atoms with E-state index in [1.165, 1.54) is 6.07 Å². The Balaban J connectivity index is 1.93. The van der Waals surface area contributed by atoms with E-state index in [0.29, 0.717) is 12.4 Å². The number of alkyl halides is 3.